The molecule has 0 fully saturated rings. The highest BCUT2D eigenvalue weighted by molar-refractivity contribution is 7.91. The molecule has 1 N–H and O–H groups in total. The molecule has 1 amide bonds. The Labute approximate surface area is 147 Å². The van der Waals surface area contributed by atoms with Gasteiger partial charge in [-0.15, -0.1) is 0 Å². The fraction of sp³-hybridized carbons (Fsp3) is 0.0667. The molecule has 0 aliphatic carbocycles. The molecular weight excluding hydrogens is 375 g/mol. The van der Waals surface area contributed by atoms with E-state index in [1.807, 2.05) is 0 Å². The highest BCUT2D eigenvalue weighted by atomic mass is 35.5. The molecule has 1 heterocycles. The predicted molar refractivity (Wildman–Crippen MR) is 91.2 cm³/mol. The van der Waals surface area contributed by atoms with E-state index in [0.29, 0.717) is 21.8 Å². The molecule has 0 aliphatic rings. The van der Waals surface area contributed by atoms with Crippen LogP contribution in [-0.2, 0) is 14.6 Å². The van der Waals surface area contributed by atoms with Crippen molar-refractivity contribution in [3.8, 4) is 0 Å². The van der Waals surface area contributed by atoms with Crippen molar-refractivity contribution in [2.45, 2.75) is 5.22 Å². The van der Waals surface area contributed by atoms with Gasteiger partial charge in [0.05, 0.1) is 10.0 Å². The van der Waals surface area contributed by atoms with Crippen molar-refractivity contribution < 1.29 is 17.6 Å². The van der Waals surface area contributed by atoms with E-state index < -0.39 is 26.7 Å². The Hall–Kier alpha value is -2.09. The van der Waals surface area contributed by atoms with Gasteiger partial charge in [0, 0.05) is 5.69 Å². The Balaban J connectivity index is 1.78. The fourth-order valence-corrected chi connectivity index (χ4v) is 3.28. The third-order valence-corrected chi connectivity index (χ3v) is 5.15. The molecule has 124 valence electrons. The van der Waals surface area contributed by atoms with Crippen LogP contribution in [0, 0.1) is 0 Å². The van der Waals surface area contributed by atoms with E-state index in [-0.39, 0.29) is 5.02 Å². The summed E-state index contributed by atoms with van der Waals surface area (Å²) in [7, 11) is -4.01. The number of benzene rings is 2. The van der Waals surface area contributed by atoms with Crippen LogP contribution in [-0.4, -0.2) is 25.1 Å². The SMILES string of the molecule is O=C(CS(=O)(=O)c1nc2ccccc2o1)Nc1ccc(Cl)c(Cl)c1. The van der Waals surface area contributed by atoms with Crippen LogP contribution in [0.3, 0.4) is 0 Å². The van der Waals surface area contributed by atoms with Gasteiger partial charge in [-0.2, -0.15) is 4.98 Å². The standard InChI is InChI=1S/C15H10Cl2N2O4S/c16-10-6-5-9(7-11(10)17)18-14(20)8-24(21,22)15-19-12-3-1-2-4-13(12)23-15/h1-7H,8H2,(H,18,20). The number of aromatic nitrogens is 1. The molecule has 0 unspecified atom stereocenters. The first-order valence-electron chi connectivity index (χ1n) is 6.68. The number of carbonyl (C=O) groups is 1. The molecular formula is C15H10Cl2N2O4S. The number of oxazole rings is 1. The summed E-state index contributed by atoms with van der Waals surface area (Å²) in [6.45, 7) is 0. The molecule has 0 atom stereocenters. The zero-order valence-electron chi connectivity index (χ0n) is 12.0. The van der Waals surface area contributed by atoms with Gasteiger partial charge in [0.2, 0.25) is 15.7 Å². The zero-order valence-corrected chi connectivity index (χ0v) is 14.3. The van der Waals surface area contributed by atoms with Crippen LogP contribution in [0.25, 0.3) is 11.1 Å². The molecule has 3 rings (SSSR count). The number of nitrogens with zero attached hydrogens (tertiary/aromatic N) is 1. The third kappa shape index (κ3) is 3.53. The second-order valence-corrected chi connectivity index (χ2v) is 7.57. The average Bonchev–Trinajstić information content (AvgIpc) is 2.95. The van der Waals surface area contributed by atoms with E-state index in [4.69, 9.17) is 27.6 Å². The van der Waals surface area contributed by atoms with Gasteiger partial charge in [-0.05, 0) is 30.3 Å². The van der Waals surface area contributed by atoms with Gasteiger partial charge in [-0.25, -0.2) is 8.42 Å². The number of nitrogens with one attached hydrogen (secondary N) is 1. The van der Waals surface area contributed by atoms with Gasteiger partial charge in [-0.3, -0.25) is 4.79 Å². The normalized spacial score (nSPS) is 11.6. The third-order valence-electron chi connectivity index (χ3n) is 3.06. The summed E-state index contributed by atoms with van der Waals surface area (Å²) in [5.74, 6) is -1.55. The minimum Gasteiger partial charge on any atom is -0.428 e. The van der Waals surface area contributed by atoms with Crippen molar-refractivity contribution in [1.29, 1.82) is 0 Å². The monoisotopic (exact) mass is 384 g/mol. The van der Waals surface area contributed by atoms with Crippen LogP contribution in [0.2, 0.25) is 10.0 Å². The van der Waals surface area contributed by atoms with E-state index in [0.717, 1.165) is 0 Å². The summed E-state index contributed by atoms with van der Waals surface area (Å²) in [6, 6.07) is 11.0. The van der Waals surface area contributed by atoms with Crippen molar-refractivity contribution >= 4 is 55.7 Å². The topological polar surface area (TPSA) is 89.3 Å². The van der Waals surface area contributed by atoms with E-state index in [2.05, 4.69) is 10.3 Å². The molecule has 3 aromatic rings. The van der Waals surface area contributed by atoms with E-state index >= 15 is 0 Å². The smallest absolute Gasteiger partial charge is 0.316 e. The number of para-hydroxylation sites is 2. The van der Waals surface area contributed by atoms with Crippen LogP contribution in [0.5, 0.6) is 0 Å². The molecule has 0 saturated carbocycles. The minimum absolute atomic E-state index is 0.247. The molecule has 2 aromatic carbocycles. The molecule has 0 radical (unpaired) electrons. The highest BCUT2D eigenvalue weighted by Gasteiger charge is 2.25. The Morgan fingerprint density at radius 2 is 1.88 bits per heavy atom. The lowest BCUT2D eigenvalue weighted by Crippen LogP contribution is -2.23. The average molecular weight is 385 g/mol. The number of anilines is 1. The maximum atomic E-state index is 12.3. The van der Waals surface area contributed by atoms with Crippen LogP contribution in [0.4, 0.5) is 5.69 Å². The molecule has 0 spiro atoms. The van der Waals surface area contributed by atoms with Crippen LogP contribution < -0.4 is 5.32 Å². The van der Waals surface area contributed by atoms with Crippen molar-refractivity contribution in [2.75, 3.05) is 11.1 Å². The van der Waals surface area contributed by atoms with Gasteiger partial charge in [0.1, 0.15) is 11.3 Å². The van der Waals surface area contributed by atoms with Crippen LogP contribution in [0.15, 0.2) is 52.1 Å². The second-order valence-electron chi connectivity index (χ2n) is 4.88. The van der Waals surface area contributed by atoms with Gasteiger partial charge >= 0.3 is 5.22 Å². The number of hydrogen-bond donors (Lipinski definition) is 1. The number of rotatable bonds is 4. The molecule has 6 nitrogen and oxygen atoms in total. The van der Waals surface area contributed by atoms with Gasteiger partial charge in [0.25, 0.3) is 0 Å². The molecule has 0 bridgehead atoms. The first-order chi connectivity index (χ1) is 11.3. The van der Waals surface area contributed by atoms with Gasteiger partial charge in [-0.1, -0.05) is 35.3 Å². The maximum absolute atomic E-state index is 12.3. The van der Waals surface area contributed by atoms with Crippen molar-refractivity contribution in [1.82, 2.24) is 4.98 Å². The van der Waals surface area contributed by atoms with Crippen molar-refractivity contribution in [3.05, 3.63) is 52.5 Å². The summed E-state index contributed by atoms with van der Waals surface area (Å²) >= 11 is 11.6. The first kappa shape index (κ1) is 16.8. The van der Waals surface area contributed by atoms with Gasteiger partial charge in [0.15, 0.2) is 5.58 Å². The lowest BCUT2D eigenvalue weighted by molar-refractivity contribution is -0.113. The number of carbonyl (C=O) groups excluding carboxylic acids is 1. The lowest BCUT2D eigenvalue weighted by Gasteiger charge is -2.05. The number of hydrogen-bond acceptors (Lipinski definition) is 5. The van der Waals surface area contributed by atoms with Crippen LogP contribution in [0.1, 0.15) is 0 Å². The Morgan fingerprint density at radius 1 is 1.12 bits per heavy atom. The van der Waals surface area contributed by atoms with E-state index in [9.17, 15) is 13.2 Å². The Morgan fingerprint density at radius 3 is 2.58 bits per heavy atom. The number of halogens is 2. The summed E-state index contributed by atoms with van der Waals surface area (Å²) in [4.78, 5) is 15.9. The quantitative estimate of drug-likeness (QED) is 0.742. The fourth-order valence-electron chi connectivity index (χ4n) is 1.99. The van der Waals surface area contributed by atoms with Crippen molar-refractivity contribution in [2.24, 2.45) is 0 Å². The molecule has 0 saturated heterocycles. The Bertz CT molecular complexity index is 998. The van der Waals surface area contributed by atoms with E-state index in [1.54, 1.807) is 24.3 Å². The highest BCUT2D eigenvalue weighted by Crippen LogP contribution is 2.25. The lowest BCUT2D eigenvalue weighted by atomic mass is 10.3. The zero-order chi connectivity index (χ0) is 17.3. The molecule has 24 heavy (non-hydrogen) atoms. The summed E-state index contributed by atoms with van der Waals surface area (Å²) in [6.07, 6.45) is 0. The minimum atomic E-state index is -4.01. The van der Waals surface area contributed by atoms with Crippen LogP contribution >= 0.6 is 23.2 Å². The second kappa shape index (κ2) is 6.43. The predicted octanol–water partition coefficient (Wildman–Crippen LogP) is 3.55. The van der Waals surface area contributed by atoms with E-state index in [1.165, 1.54) is 18.2 Å². The molecule has 1 aromatic heterocycles. The first-order valence-corrected chi connectivity index (χ1v) is 9.09. The maximum Gasteiger partial charge on any atom is 0.316 e. The molecule has 9 heteroatoms. The van der Waals surface area contributed by atoms with Crippen molar-refractivity contribution in [3.63, 3.8) is 0 Å². The summed E-state index contributed by atoms with van der Waals surface area (Å²) < 4.78 is 29.7. The summed E-state index contributed by atoms with van der Waals surface area (Å²) in [5, 5.41) is 2.52. The number of fused-ring (bicyclic) bond motifs is 1. The Kier molecular flexibility index (Phi) is 4.49. The summed E-state index contributed by atoms with van der Waals surface area (Å²) in [5.41, 5.74) is 1.07. The van der Waals surface area contributed by atoms with Gasteiger partial charge < -0.3 is 9.73 Å². The number of sulfone groups is 1. The largest absolute Gasteiger partial charge is 0.428 e. The number of amides is 1. The molecule has 0 aliphatic heterocycles.